The van der Waals surface area contributed by atoms with Gasteiger partial charge >= 0.3 is 0 Å². The van der Waals surface area contributed by atoms with Crippen molar-refractivity contribution in [2.75, 3.05) is 12.3 Å². The summed E-state index contributed by atoms with van der Waals surface area (Å²) in [5, 5.41) is 0.542. The van der Waals surface area contributed by atoms with E-state index in [0.29, 0.717) is 39.8 Å². The zero-order valence-corrected chi connectivity index (χ0v) is 24.3. The fourth-order valence-corrected chi connectivity index (χ4v) is 5.01. The van der Waals surface area contributed by atoms with Crippen LogP contribution in [0.1, 0.15) is 27.0 Å². The van der Waals surface area contributed by atoms with Crippen molar-refractivity contribution < 1.29 is 9.53 Å². The molecule has 39 heavy (non-hydrogen) atoms. The smallest absolute Gasteiger partial charge is 0.250 e. The molecule has 200 valence electrons. The highest BCUT2D eigenvalue weighted by Gasteiger charge is 2.25. The van der Waals surface area contributed by atoms with Gasteiger partial charge in [0.1, 0.15) is 12.4 Å². The minimum Gasteiger partial charge on any atom is -0.368 e. The zero-order valence-electron chi connectivity index (χ0n) is 22.6. The van der Waals surface area contributed by atoms with Crippen molar-refractivity contribution in [2.45, 2.75) is 39.3 Å². The van der Waals surface area contributed by atoms with Crippen molar-refractivity contribution >= 4 is 31.5 Å². The number of carbonyl (C=O) groups excluding carboxylic acids is 1. The molecule has 7 nitrogen and oxygen atoms in total. The number of ether oxygens (including phenoxy) is 1. The van der Waals surface area contributed by atoms with E-state index < -0.39 is 14.0 Å². The minimum absolute atomic E-state index is 0.0868. The number of hydrogen-bond acceptors (Lipinski definition) is 5. The maximum Gasteiger partial charge on any atom is 0.250 e. The molecule has 0 atom stereocenters. The van der Waals surface area contributed by atoms with Crippen LogP contribution in [0.3, 0.4) is 0 Å². The molecule has 0 saturated carbocycles. The van der Waals surface area contributed by atoms with Gasteiger partial charge in [0.2, 0.25) is 5.95 Å². The summed E-state index contributed by atoms with van der Waals surface area (Å²) in [4.78, 5) is 21.5. The molecule has 0 saturated heterocycles. The van der Waals surface area contributed by atoms with E-state index in [1.165, 1.54) is 0 Å². The highest BCUT2D eigenvalue weighted by atomic mass is 35.5. The van der Waals surface area contributed by atoms with E-state index in [0.717, 1.165) is 22.7 Å². The molecule has 0 aliphatic heterocycles. The van der Waals surface area contributed by atoms with Crippen LogP contribution in [-0.4, -0.2) is 35.1 Å². The largest absolute Gasteiger partial charge is 0.368 e. The van der Waals surface area contributed by atoms with Gasteiger partial charge in [0.15, 0.2) is 0 Å². The molecular formula is C30H32ClN5O2Si. The van der Waals surface area contributed by atoms with Gasteiger partial charge in [-0.2, -0.15) is 0 Å². The quantitative estimate of drug-likeness (QED) is 0.158. The lowest BCUT2D eigenvalue weighted by molar-refractivity contribution is 0.0893. The molecule has 0 radical (unpaired) electrons. The number of rotatable bonds is 8. The molecular weight excluding hydrogens is 526 g/mol. The number of nitrogen functional groups attached to an aromatic ring is 1. The first-order valence-corrected chi connectivity index (χ1v) is 16.7. The lowest BCUT2D eigenvalue weighted by Crippen LogP contribution is -2.22. The number of aryl methyl sites for hydroxylation is 1. The average molecular weight is 558 g/mol. The van der Waals surface area contributed by atoms with Crippen molar-refractivity contribution in [3.05, 3.63) is 88.1 Å². The Kier molecular flexibility index (Phi) is 8.56. The van der Waals surface area contributed by atoms with Crippen molar-refractivity contribution in [3.8, 4) is 34.5 Å². The van der Waals surface area contributed by atoms with Crippen molar-refractivity contribution in [3.63, 3.8) is 0 Å². The lowest BCUT2D eigenvalue weighted by atomic mass is 10.0. The fraction of sp³-hybridized carbons (Fsp3) is 0.233. The van der Waals surface area contributed by atoms with Crippen LogP contribution in [0.2, 0.25) is 30.7 Å². The molecule has 4 N–H and O–H groups in total. The molecule has 1 amide bonds. The van der Waals surface area contributed by atoms with Crippen LogP contribution in [-0.2, 0) is 11.5 Å². The van der Waals surface area contributed by atoms with Gasteiger partial charge in [-0.15, -0.1) is 0 Å². The van der Waals surface area contributed by atoms with Crippen molar-refractivity contribution in [2.24, 2.45) is 5.73 Å². The van der Waals surface area contributed by atoms with Crippen LogP contribution >= 0.6 is 11.6 Å². The molecule has 0 unspecified atom stereocenters. The second kappa shape index (κ2) is 11.9. The number of carbonyl (C=O) groups is 1. The maximum absolute atomic E-state index is 12.8. The molecule has 2 aromatic carbocycles. The lowest BCUT2D eigenvalue weighted by Gasteiger charge is -2.19. The number of aromatic nitrogens is 3. The van der Waals surface area contributed by atoms with E-state index in [4.69, 9.17) is 27.8 Å². The number of amides is 1. The molecule has 0 spiro atoms. The zero-order chi connectivity index (χ0) is 28.2. The average Bonchev–Trinajstić information content (AvgIpc) is 3.26. The van der Waals surface area contributed by atoms with Gasteiger partial charge in [0.05, 0.1) is 22.5 Å². The summed E-state index contributed by atoms with van der Waals surface area (Å²) in [6.07, 6.45) is 1.59. The predicted octanol–water partition coefficient (Wildman–Crippen LogP) is 5.97. The summed E-state index contributed by atoms with van der Waals surface area (Å²) in [7, 11) is -1.32. The molecule has 4 aromatic rings. The van der Waals surface area contributed by atoms with E-state index in [1.807, 2.05) is 60.0 Å². The molecule has 0 bridgehead atoms. The van der Waals surface area contributed by atoms with Crippen LogP contribution in [0.4, 0.5) is 5.95 Å². The summed E-state index contributed by atoms with van der Waals surface area (Å²) in [5.74, 6) is 5.84. The molecule has 4 rings (SSSR count). The van der Waals surface area contributed by atoms with Gasteiger partial charge < -0.3 is 20.8 Å². The van der Waals surface area contributed by atoms with Gasteiger partial charge in [-0.05, 0) is 48.9 Å². The number of primary amides is 1. The monoisotopic (exact) mass is 557 g/mol. The summed E-state index contributed by atoms with van der Waals surface area (Å²) < 4.78 is 8.09. The molecule has 2 aromatic heterocycles. The minimum atomic E-state index is -1.32. The Morgan fingerprint density at radius 3 is 2.54 bits per heavy atom. The highest BCUT2D eigenvalue weighted by Crippen LogP contribution is 2.36. The third-order valence-corrected chi connectivity index (χ3v) is 8.14. The molecule has 0 aliphatic rings. The van der Waals surface area contributed by atoms with Gasteiger partial charge in [-0.3, -0.25) is 4.79 Å². The summed E-state index contributed by atoms with van der Waals surface area (Å²) in [6, 6.07) is 17.9. The van der Waals surface area contributed by atoms with Crippen molar-refractivity contribution in [1.29, 1.82) is 0 Å². The molecule has 2 heterocycles. The van der Waals surface area contributed by atoms with Gasteiger partial charge in [0, 0.05) is 37.0 Å². The Labute approximate surface area is 235 Å². The third-order valence-electron chi connectivity index (χ3n) is 6.20. The number of nitrogens with two attached hydrogens (primary N) is 2. The Hall–Kier alpha value is -3.90. The number of hydrogen-bond donors (Lipinski definition) is 2. The van der Waals surface area contributed by atoms with Crippen LogP contribution < -0.4 is 11.5 Å². The van der Waals surface area contributed by atoms with E-state index in [-0.39, 0.29) is 12.7 Å². The first-order chi connectivity index (χ1) is 18.5. The van der Waals surface area contributed by atoms with Crippen LogP contribution in [0.15, 0.2) is 60.8 Å². The van der Waals surface area contributed by atoms with E-state index >= 15 is 0 Å². The van der Waals surface area contributed by atoms with Gasteiger partial charge in [0.25, 0.3) is 5.91 Å². The number of halogens is 1. The summed E-state index contributed by atoms with van der Waals surface area (Å²) >= 11 is 6.39. The summed E-state index contributed by atoms with van der Waals surface area (Å²) in [5.41, 5.74) is 17.0. The standard InChI is InChI=1S/C30H32ClN5O2Si/c1-20-10-13-23(31)16-24(20)28-25(29(32)37)17-26(36(28)19-38-14-15-39(2,3)4)27-22(18-34-30(33)35-27)12-11-21-8-6-5-7-9-21/h5-10,13,16-18H,14-15,19H2,1-4H3,(H2,32,37)(H2,33,34,35). The number of nitrogens with zero attached hydrogens (tertiary/aromatic N) is 3. The van der Waals surface area contributed by atoms with Crippen LogP contribution in [0.25, 0.3) is 22.6 Å². The summed E-state index contributed by atoms with van der Waals surface area (Å²) in [6.45, 7) is 9.60. The van der Waals surface area contributed by atoms with Crippen molar-refractivity contribution in [1.82, 2.24) is 14.5 Å². The van der Waals surface area contributed by atoms with Gasteiger partial charge in [-0.25, -0.2) is 9.97 Å². The topological polar surface area (TPSA) is 109 Å². The van der Waals surface area contributed by atoms with Crippen LogP contribution in [0.5, 0.6) is 0 Å². The Morgan fingerprint density at radius 1 is 1.10 bits per heavy atom. The predicted molar refractivity (Wildman–Crippen MR) is 160 cm³/mol. The van der Waals surface area contributed by atoms with E-state index in [2.05, 4.69) is 41.4 Å². The SMILES string of the molecule is Cc1ccc(Cl)cc1-c1c(C(N)=O)cc(-c2nc(N)ncc2C#Cc2ccccc2)n1COCC[Si](C)(C)C. The second-order valence-corrected chi connectivity index (χ2v) is 16.6. The second-order valence-electron chi connectivity index (χ2n) is 10.5. The van der Waals surface area contributed by atoms with E-state index in [1.54, 1.807) is 12.3 Å². The first-order valence-electron chi connectivity index (χ1n) is 12.6. The molecule has 0 fully saturated rings. The number of benzene rings is 2. The first kappa shape index (κ1) is 28.1. The van der Waals surface area contributed by atoms with E-state index in [9.17, 15) is 4.79 Å². The molecule has 9 heteroatoms. The third kappa shape index (κ3) is 6.95. The highest BCUT2D eigenvalue weighted by molar-refractivity contribution is 6.76. The Morgan fingerprint density at radius 2 is 1.85 bits per heavy atom. The molecule has 0 aliphatic carbocycles. The Balaban J connectivity index is 1.93. The fourth-order valence-electron chi connectivity index (χ4n) is 4.08. The normalized spacial score (nSPS) is 11.2. The van der Waals surface area contributed by atoms with Gasteiger partial charge in [-0.1, -0.05) is 67.3 Å². The number of anilines is 1. The maximum atomic E-state index is 12.8. The Bertz CT molecular complexity index is 1570. The van der Waals surface area contributed by atoms with Crippen LogP contribution in [0, 0.1) is 18.8 Å².